The van der Waals surface area contributed by atoms with E-state index in [-0.39, 0.29) is 5.92 Å². The lowest BCUT2D eigenvalue weighted by molar-refractivity contribution is 0.0769. The molecule has 108 valence electrons. The molecule has 0 aliphatic carbocycles. The van der Waals surface area contributed by atoms with Gasteiger partial charge in [-0.1, -0.05) is 18.2 Å². The molecule has 2 aromatic rings. The minimum absolute atomic E-state index is 0.185. The molecule has 2 unspecified atom stereocenters. The normalized spacial score (nSPS) is 28.9. The number of nitrogens with zero attached hydrogens (tertiary/aromatic N) is 2. The molecule has 3 heteroatoms. The van der Waals surface area contributed by atoms with Crippen molar-refractivity contribution in [2.24, 2.45) is 5.92 Å². The molecule has 3 heterocycles. The molecule has 2 fully saturated rings. The lowest BCUT2D eigenvalue weighted by Crippen LogP contribution is -2.42. The maximum Gasteiger partial charge on any atom is 0.166 e. The van der Waals surface area contributed by atoms with Crippen LogP contribution in [0.2, 0.25) is 0 Å². The number of pyridine rings is 1. The quantitative estimate of drug-likeness (QED) is 0.791. The molecule has 0 radical (unpaired) electrons. The summed E-state index contributed by atoms with van der Waals surface area (Å²) in [6, 6.07) is 11.0. The lowest BCUT2D eigenvalue weighted by Gasteiger charge is -2.35. The maximum absolute atomic E-state index is 13.0. The van der Waals surface area contributed by atoms with E-state index in [4.69, 9.17) is 0 Å². The van der Waals surface area contributed by atoms with Gasteiger partial charge in [0.2, 0.25) is 0 Å². The standard InChI is InChI=1S/C18H20N2O/c1-20-13-6-7-14(20)11-12(10-13)18(21)16-8-9-19-17-5-3-2-4-15(16)17/h2-5,8-9,12-14H,6-7,10-11H2,1H3. The van der Waals surface area contributed by atoms with Gasteiger partial charge in [0.05, 0.1) is 5.52 Å². The Balaban J connectivity index is 1.68. The fourth-order valence-electron chi connectivity index (χ4n) is 4.16. The van der Waals surface area contributed by atoms with E-state index >= 15 is 0 Å². The van der Waals surface area contributed by atoms with Gasteiger partial charge in [-0.3, -0.25) is 9.78 Å². The van der Waals surface area contributed by atoms with Gasteiger partial charge in [0, 0.05) is 35.1 Å². The number of carbonyl (C=O) groups excluding carboxylic acids is 1. The van der Waals surface area contributed by atoms with E-state index < -0.39 is 0 Å². The monoisotopic (exact) mass is 280 g/mol. The third-order valence-electron chi connectivity index (χ3n) is 5.38. The van der Waals surface area contributed by atoms with Crippen molar-refractivity contribution in [2.45, 2.75) is 37.8 Å². The van der Waals surface area contributed by atoms with Crippen LogP contribution in [0.15, 0.2) is 36.5 Å². The average Bonchev–Trinajstić information content (AvgIpc) is 2.75. The number of benzene rings is 1. The molecule has 0 saturated carbocycles. The number of hydrogen-bond acceptors (Lipinski definition) is 3. The Morgan fingerprint density at radius 2 is 1.86 bits per heavy atom. The molecule has 2 atom stereocenters. The molecular formula is C18H20N2O. The third-order valence-corrected chi connectivity index (χ3v) is 5.38. The van der Waals surface area contributed by atoms with Crippen molar-refractivity contribution in [1.82, 2.24) is 9.88 Å². The Hall–Kier alpha value is -1.74. The summed E-state index contributed by atoms with van der Waals surface area (Å²) in [5.74, 6) is 0.503. The highest BCUT2D eigenvalue weighted by molar-refractivity contribution is 6.08. The Kier molecular flexibility index (Phi) is 3.03. The molecule has 21 heavy (non-hydrogen) atoms. The van der Waals surface area contributed by atoms with Crippen LogP contribution >= 0.6 is 0 Å². The van der Waals surface area contributed by atoms with Crippen LogP contribution in [0.4, 0.5) is 0 Å². The van der Waals surface area contributed by atoms with Gasteiger partial charge in [-0.25, -0.2) is 0 Å². The first-order valence-electron chi connectivity index (χ1n) is 7.84. The van der Waals surface area contributed by atoms with Crippen LogP contribution in [0.5, 0.6) is 0 Å². The van der Waals surface area contributed by atoms with E-state index in [0.717, 1.165) is 29.3 Å². The zero-order valence-corrected chi connectivity index (χ0v) is 12.3. The van der Waals surface area contributed by atoms with Crippen molar-refractivity contribution >= 4 is 16.7 Å². The number of piperidine rings is 1. The number of para-hydroxylation sites is 1. The van der Waals surface area contributed by atoms with Crippen LogP contribution in [0.25, 0.3) is 10.9 Å². The number of aromatic nitrogens is 1. The molecule has 1 aromatic carbocycles. The van der Waals surface area contributed by atoms with Crippen LogP contribution in [0, 0.1) is 5.92 Å². The van der Waals surface area contributed by atoms with Gasteiger partial charge in [-0.15, -0.1) is 0 Å². The maximum atomic E-state index is 13.0. The summed E-state index contributed by atoms with van der Waals surface area (Å²) in [6.45, 7) is 0. The molecule has 0 amide bonds. The minimum Gasteiger partial charge on any atom is -0.300 e. The van der Waals surface area contributed by atoms with Crippen molar-refractivity contribution < 1.29 is 4.79 Å². The molecule has 1 aromatic heterocycles. The Morgan fingerprint density at radius 3 is 2.62 bits per heavy atom. The van der Waals surface area contributed by atoms with Gasteiger partial charge < -0.3 is 4.90 Å². The Bertz CT molecular complexity index is 677. The van der Waals surface area contributed by atoms with E-state index in [1.807, 2.05) is 30.3 Å². The molecule has 2 bridgehead atoms. The second-order valence-electron chi connectivity index (χ2n) is 6.46. The van der Waals surface area contributed by atoms with Crippen molar-refractivity contribution in [1.29, 1.82) is 0 Å². The van der Waals surface area contributed by atoms with E-state index in [1.54, 1.807) is 6.20 Å². The molecule has 2 aliphatic heterocycles. The first-order chi connectivity index (χ1) is 10.2. The molecule has 2 saturated heterocycles. The molecule has 4 rings (SSSR count). The molecule has 2 aliphatic rings. The summed E-state index contributed by atoms with van der Waals surface area (Å²) in [5.41, 5.74) is 1.77. The van der Waals surface area contributed by atoms with E-state index in [1.165, 1.54) is 12.8 Å². The predicted octanol–water partition coefficient (Wildman–Crippen LogP) is 3.29. The number of ketones is 1. The summed E-state index contributed by atoms with van der Waals surface area (Å²) < 4.78 is 0. The topological polar surface area (TPSA) is 33.2 Å². The molecule has 0 N–H and O–H groups in total. The highest BCUT2D eigenvalue weighted by atomic mass is 16.1. The number of Topliss-reactive ketones (excluding diaryl/α,β-unsaturated/α-hetero) is 1. The van der Waals surface area contributed by atoms with Crippen LogP contribution in [-0.4, -0.2) is 34.8 Å². The highest BCUT2D eigenvalue weighted by Crippen LogP contribution is 2.39. The molecule has 0 spiro atoms. The number of fused-ring (bicyclic) bond motifs is 3. The van der Waals surface area contributed by atoms with Crippen molar-refractivity contribution in [3.63, 3.8) is 0 Å². The Morgan fingerprint density at radius 1 is 1.14 bits per heavy atom. The van der Waals surface area contributed by atoms with Crippen molar-refractivity contribution in [2.75, 3.05) is 7.05 Å². The van der Waals surface area contributed by atoms with Crippen LogP contribution in [0.3, 0.4) is 0 Å². The lowest BCUT2D eigenvalue weighted by atomic mass is 9.84. The fraction of sp³-hybridized carbons (Fsp3) is 0.444. The SMILES string of the molecule is CN1C2CCC1CC(C(=O)c1ccnc3ccccc13)C2. The predicted molar refractivity (Wildman–Crippen MR) is 83.4 cm³/mol. The number of hydrogen-bond donors (Lipinski definition) is 0. The smallest absolute Gasteiger partial charge is 0.166 e. The highest BCUT2D eigenvalue weighted by Gasteiger charge is 2.41. The number of rotatable bonds is 2. The van der Waals surface area contributed by atoms with Crippen LogP contribution in [-0.2, 0) is 0 Å². The second-order valence-corrected chi connectivity index (χ2v) is 6.46. The zero-order valence-electron chi connectivity index (χ0n) is 12.3. The van der Waals surface area contributed by atoms with Crippen LogP contribution < -0.4 is 0 Å². The molecule has 3 nitrogen and oxygen atoms in total. The van der Waals surface area contributed by atoms with Gasteiger partial charge in [-0.05, 0) is 44.9 Å². The second kappa shape index (κ2) is 4.92. The van der Waals surface area contributed by atoms with E-state index in [9.17, 15) is 4.79 Å². The Labute approximate surface area is 125 Å². The largest absolute Gasteiger partial charge is 0.300 e. The summed E-state index contributed by atoms with van der Waals surface area (Å²) in [5, 5.41) is 0.997. The fourth-order valence-corrected chi connectivity index (χ4v) is 4.16. The van der Waals surface area contributed by atoms with E-state index in [2.05, 4.69) is 16.9 Å². The van der Waals surface area contributed by atoms with Crippen molar-refractivity contribution in [3.05, 3.63) is 42.1 Å². The average molecular weight is 280 g/mol. The van der Waals surface area contributed by atoms with Gasteiger partial charge in [0.15, 0.2) is 5.78 Å². The van der Waals surface area contributed by atoms with E-state index in [0.29, 0.717) is 17.9 Å². The summed E-state index contributed by atoms with van der Waals surface area (Å²) in [6.07, 6.45) is 6.30. The van der Waals surface area contributed by atoms with Gasteiger partial charge in [0.25, 0.3) is 0 Å². The zero-order chi connectivity index (χ0) is 14.4. The third kappa shape index (κ3) is 2.07. The van der Waals surface area contributed by atoms with Gasteiger partial charge in [-0.2, -0.15) is 0 Å². The first kappa shape index (κ1) is 13.0. The van der Waals surface area contributed by atoms with Crippen molar-refractivity contribution in [3.8, 4) is 0 Å². The minimum atomic E-state index is 0.185. The summed E-state index contributed by atoms with van der Waals surface area (Å²) in [4.78, 5) is 19.8. The van der Waals surface area contributed by atoms with Crippen LogP contribution in [0.1, 0.15) is 36.0 Å². The first-order valence-corrected chi connectivity index (χ1v) is 7.84. The van der Waals surface area contributed by atoms with Gasteiger partial charge >= 0.3 is 0 Å². The molecular weight excluding hydrogens is 260 g/mol. The van der Waals surface area contributed by atoms with Gasteiger partial charge in [0.1, 0.15) is 0 Å². The number of carbonyl (C=O) groups is 1. The summed E-state index contributed by atoms with van der Waals surface area (Å²) in [7, 11) is 2.21. The summed E-state index contributed by atoms with van der Waals surface area (Å²) >= 11 is 0.